The van der Waals surface area contributed by atoms with Crippen LogP contribution < -0.4 is 17.1 Å². The maximum Gasteiger partial charge on any atom is 1.00 e. The Bertz CT molecular complexity index is 521. The van der Waals surface area contributed by atoms with E-state index in [1.54, 1.807) is 0 Å². The van der Waals surface area contributed by atoms with Crippen molar-refractivity contribution in [2.45, 2.75) is 38.7 Å². The predicted molar refractivity (Wildman–Crippen MR) is 92.8 cm³/mol. The second-order valence-corrected chi connectivity index (χ2v) is 6.00. The highest BCUT2D eigenvalue weighted by Gasteiger charge is 2.20. The maximum atomic E-state index is 11.4. The number of benzene rings is 1. The molecule has 1 saturated heterocycles. The standard InChI is InChI=1S/C19H27NO3.ClH/c1-3-9-17-10-5-6-11-19(17)22-15-18(23-16(2)21)14-20-12-7-4-8-13-20;/h3,5-6,10-11,18H,1,4,7-9,12-15H2,2H3;1H. The number of allylic oxidation sites excluding steroid dienone is 1. The molecule has 0 bridgehead atoms. The molecule has 4 nitrogen and oxygen atoms in total. The molecule has 1 unspecified atom stereocenters. The number of rotatable bonds is 8. The van der Waals surface area contributed by atoms with Crippen molar-refractivity contribution in [2.24, 2.45) is 0 Å². The molecule has 0 radical (unpaired) electrons. The number of ether oxygens (including phenoxy) is 2. The summed E-state index contributed by atoms with van der Waals surface area (Å²) in [6, 6.07) is 7.92. The summed E-state index contributed by atoms with van der Waals surface area (Å²) >= 11 is 0. The Morgan fingerprint density at radius 2 is 2.04 bits per heavy atom. The van der Waals surface area contributed by atoms with E-state index in [1.807, 2.05) is 30.3 Å². The first-order valence-corrected chi connectivity index (χ1v) is 8.40. The van der Waals surface area contributed by atoms with E-state index in [1.165, 1.54) is 26.2 Å². The van der Waals surface area contributed by atoms with E-state index in [9.17, 15) is 4.79 Å². The SMILES string of the molecule is C=CCc1ccccc1OCC(CN1CCCCC1)OC(C)=O.[Cl-].[H+]. The molecule has 2 rings (SSSR count). The Morgan fingerprint density at radius 3 is 2.71 bits per heavy atom. The van der Waals surface area contributed by atoms with Crippen molar-refractivity contribution < 1.29 is 28.1 Å². The molecule has 134 valence electrons. The van der Waals surface area contributed by atoms with Gasteiger partial charge in [-0.1, -0.05) is 30.7 Å². The minimum Gasteiger partial charge on any atom is -1.00 e. The number of likely N-dealkylation sites (tertiary alicyclic amines) is 1. The van der Waals surface area contributed by atoms with Gasteiger partial charge in [-0.05, 0) is 44.0 Å². The molecule has 0 amide bonds. The third kappa shape index (κ3) is 6.93. The highest BCUT2D eigenvalue weighted by Crippen LogP contribution is 2.19. The van der Waals surface area contributed by atoms with Gasteiger partial charge in [-0.3, -0.25) is 9.69 Å². The molecule has 1 heterocycles. The Kier molecular flexibility index (Phi) is 9.50. The second-order valence-electron chi connectivity index (χ2n) is 6.00. The molecule has 0 spiro atoms. The molecule has 1 aliphatic heterocycles. The highest BCUT2D eigenvalue weighted by atomic mass is 35.5. The van der Waals surface area contributed by atoms with Gasteiger partial charge in [0.25, 0.3) is 0 Å². The number of hydrogen-bond donors (Lipinski definition) is 0. The molecule has 0 saturated carbocycles. The number of carbonyl (C=O) groups excluding carboxylic acids is 1. The van der Waals surface area contributed by atoms with Gasteiger partial charge >= 0.3 is 7.40 Å². The number of piperidine rings is 1. The van der Waals surface area contributed by atoms with Crippen molar-refractivity contribution in [3.63, 3.8) is 0 Å². The van der Waals surface area contributed by atoms with Gasteiger partial charge in [-0.25, -0.2) is 0 Å². The van der Waals surface area contributed by atoms with Crippen LogP contribution in [0.25, 0.3) is 0 Å². The first-order valence-electron chi connectivity index (χ1n) is 8.40. The van der Waals surface area contributed by atoms with Gasteiger partial charge in [0.15, 0.2) is 0 Å². The minimum atomic E-state index is -0.255. The van der Waals surface area contributed by atoms with Gasteiger partial charge in [-0.2, -0.15) is 0 Å². The maximum absolute atomic E-state index is 11.4. The van der Waals surface area contributed by atoms with Gasteiger partial charge in [-0.15, -0.1) is 6.58 Å². The summed E-state index contributed by atoms with van der Waals surface area (Å²) in [6.45, 7) is 8.50. The molecule has 1 fully saturated rings. The third-order valence-corrected chi connectivity index (χ3v) is 4.00. The van der Waals surface area contributed by atoms with Crippen molar-refractivity contribution in [3.05, 3.63) is 42.5 Å². The van der Waals surface area contributed by atoms with Crippen LogP contribution in [0.4, 0.5) is 0 Å². The Hall–Kier alpha value is -1.52. The fourth-order valence-corrected chi connectivity index (χ4v) is 2.94. The lowest BCUT2D eigenvalue weighted by Crippen LogP contribution is -3.00. The summed E-state index contributed by atoms with van der Waals surface area (Å²) in [5.74, 6) is 0.582. The van der Waals surface area contributed by atoms with E-state index < -0.39 is 0 Å². The Balaban J connectivity index is 0.00000288. The lowest BCUT2D eigenvalue weighted by Gasteiger charge is -2.30. The van der Waals surface area contributed by atoms with Crippen LogP contribution in [0.1, 0.15) is 33.2 Å². The monoisotopic (exact) mass is 353 g/mol. The normalized spacial score (nSPS) is 15.9. The molecule has 1 aromatic rings. The predicted octanol–water partition coefficient (Wildman–Crippen LogP) is 0.328. The van der Waals surface area contributed by atoms with E-state index in [0.717, 1.165) is 37.4 Å². The molecule has 5 heteroatoms. The summed E-state index contributed by atoms with van der Waals surface area (Å²) in [5.41, 5.74) is 1.10. The topological polar surface area (TPSA) is 38.8 Å². The van der Waals surface area contributed by atoms with E-state index in [2.05, 4.69) is 11.5 Å². The van der Waals surface area contributed by atoms with Crippen LogP contribution in [0, 0.1) is 0 Å². The third-order valence-electron chi connectivity index (χ3n) is 4.00. The molecular weight excluding hydrogens is 326 g/mol. The zero-order chi connectivity index (χ0) is 16.5. The van der Waals surface area contributed by atoms with E-state index >= 15 is 0 Å². The van der Waals surface area contributed by atoms with Crippen LogP contribution in [0.5, 0.6) is 5.75 Å². The highest BCUT2D eigenvalue weighted by molar-refractivity contribution is 5.66. The molecule has 1 atom stereocenters. The van der Waals surface area contributed by atoms with Gasteiger partial charge in [0.2, 0.25) is 0 Å². The summed E-state index contributed by atoms with van der Waals surface area (Å²) in [4.78, 5) is 13.7. The first kappa shape index (κ1) is 20.5. The number of hydrogen-bond acceptors (Lipinski definition) is 4. The average molecular weight is 354 g/mol. The number of carbonyl (C=O) groups is 1. The summed E-state index contributed by atoms with van der Waals surface area (Å²) < 4.78 is 11.4. The van der Waals surface area contributed by atoms with Gasteiger partial charge in [0.05, 0.1) is 0 Å². The van der Waals surface area contributed by atoms with Gasteiger partial charge in [0, 0.05) is 13.5 Å². The van der Waals surface area contributed by atoms with Crippen molar-refractivity contribution >= 4 is 5.97 Å². The molecule has 0 aromatic heterocycles. The molecule has 24 heavy (non-hydrogen) atoms. The van der Waals surface area contributed by atoms with Crippen molar-refractivity contribution in [1.82, 2.24) is 4.90 Å². The van der Waals surface area contributed by atoms with Crippen molar-refractivity contribution in [1.29, 1.82) is 0 Å². The Labute approximate surface area is 152 Å². The van der Waals surface area contributed by atoms with Crippen LogP contribution >= 0.6 is 0 Å². The van der Waals surface area contributed by atoms with E-state index in [0.29, 0.717) is 6.61 Å². The molecule has 0 N–H and O–H groups in total. The molecule has 1 aliphatic rings. The molecular formula is C19H28ClNO3. The minimum absolute atomic E-state index is 0. The van der Waals surface area contributed by atoms with Crippen molar-refractivity contribution in [2.75, 3.05) is 26.2 Å². The zero-order valence-electron chi connectivity index (χ0n) is 15.4. The largest absolute Gasteiger partial charge is 1.00 e. The fourth-order valence-electron chi connectivity index (χ4n) is 2.94. The fraction of sp³-hybridized carbons (Fsp3) is 0.526. The average Bonchev–Trinajstić information content (AvgIpc) is 2.54. The molecule has 1 aromatic carbocycles. The van der Waals surface area contributed by atoms with E-state index in [-0.39, 0.29) is 25.9 Å². The van der Waals surface area contributed by atoms with Crippen LogP contribution in [0.15, 0.2) is 36.9 Å². The summed E-state index contributed by atoms with van der Waals surface area (Å²) in [5, 5.41) is 0. The summed E-state index contributed by atoms with van der Waals surface area (Å²) in [7, 11) is 0. The van der Waals surface area contributed by atoms with Crippen LogP contribution in [-0.4, -0.2) is 43.2 Å². The van der Waals surface area contributed by atoms with Crippen LogP contribution in [0.2, 0.25) is 0 Å². The van der Waals surface area contributed by atoms with Gasteiger partial charge < -0.3 is 21.9 Å². The van der Waals surface area contributed by atoms with Gasteiger partial charge in [0.1, 0.15) is 18.5 Å². The molecule has 0 aliphatic carbocycles. The quantitative estimate of drug-likeness (QED) is 0.498. The lowest BCUT2D eigenvalue weighted by atomic mass is 10.1. The van der Waals surface area contributed by atoms with Crippen LogP contribution in [-0.2, 0) is 16.0 Å². The number of para-hydroxylation sites is 1. The second kappa shape index (κ2) is 11.1. The number of halogens is 1. The smallest absolute Gasteiger partial charge is 1.00 e. The zero-order valence-corrected chi connectivity index (χ0v) is 15.1. The van der Waals surface area contributed by atoms with E-state index in [4.69, 9.17) is 9.47 Å². The number of nitrogens with zero attached hydrogens (tertiary/aromatic N) is 1. The van der Waals surface area contributed by atoms with Crippen molar-refractivity contribution in [3.8, 4) is 5.75 Å². The van der Waals surface area contributed by atoms with Crippen LogP contribution in [0.3, 0.4) is 0 Å². The Morgan fingerprint density at radius 1 is 1.33 bits per heavy atom. The summed E-state index contributed by atoms with van der Waals surface area (Å²) in [6.07, 6.45) is 6.12. The number of esters is 1. The first-order chi connectivity index (χ1) is 11.2. The lowest BCUT2D eigenvalue weighted by molar-refractivity contribution is -0.149.